The van der Waals surface area contributed by atoms with Gasteiger partial charge >= 0.3 is 0 Å². The molecule has 2 nitrogen and oxygen atoms in total. The molecule has 1 aromatic rings. The molecule has 0 bridgehead atoms. The second-order valence-electron chi connectivity index (χ2n) is 4.73. The molecule has 0 unspecified atom stereocenters. The van der Waals surface area contributed by atoms with Gasteiger partial charge in [0.05, 0.1) is 0 Å². The highest BCUT2D eigenvalue weighted by Gasteiger charge is 2.05. The zero-order chi connectivity index (χ0) is 12.8. The fourth-order valence-electron chi connectivity index (χ4n) is 1.70. The summed E-state index contributed by atoms with van der Waals surface area (Å²) >= 11 is 3.65. The molecule has 0 aromatic heterocycles. The third-order valence-corrected chi connectivity index (χ3v) is 3.48. The van der Waals surface area contributed by atoms with Gasteiger partial charge in [-0.05, 0) is 24.1 Å². The molecular formula is C14H23BrN2. The van der Waals surface area contributed by atoms with Crippen molar-refractivity contribution in [3.05, 3.63) is 28.2 Å². The summed E-state index contributed by atoms with van der Waals surface area (Å²) in [6, 6.07) is 7.11. The predicted octanol–water partition coefficient (Wildman–Crippen LogP) is 3.79. The van der Waals surface area contributed by atoms with E-state index in [0.717, 1.165) is 13.1 Å². The van der Waals surface area contributed by atoms with Crippen molar-refractivity contribution in [3.63, 3.8) is 0 Å². The van der Waals surface area contributed by atoms with E-state index >= 15 is 0 Å². The molecule has 0 fully saturated rings. The molecule has 0 aliphatic rings. The lowest BCUT2D eigenvalue weighted by Crippen LogP contribution is -2.22. The van der Waals surface area contributed by atoms with Crippen molar-refractivity contribution in [1.29, 1.82) is 0 Å². The van der Waals surface area contributed by atoms with Gasteiger partial charge in [0.15, 0.2) is 0 Å². The Morgan fingerprint density at radius 2 is 2.06 bits per heavy atom. The average molecular weight is 299 g/mol. The number of benzene rings is 1. The number of rotatable bonds is 6. The van der Waals surface area contributed by atoms with Crippen LogP contribution in [0.1, 0.15) is 32.8 Å². The minimum absolute atomic E-state index is 0.518. The summed E-state index contributed by atoms with van der Waals surface area (Å²) in [7, 11) is 2.14. The Morgan fingerprint density at radius 3 is 2.59 bits per heavy atom. The second-order valence-corrected chi connectivity index (χ2v) is 5.59. The van der Waals surface area contributed by atoms with Gasteiger partial charge < -0.3 is 10.2 Å². The Labute approximate surface area is 114 Å². The largest absolute Gasteiger partial charge is 0.375 e. The summed E-state index contributed by atoms with van der Waals surface area (Å²) in [5.74, 6) is 0. The van der Waals surface area contributed by atoms with Crippen molar-refractivity contribution in [1.82, 2.24) is 5.32 Å². The Balaban J connectivity index is 2.72. The van der Waals surface area contributed by atoms with Crippen molar-refractivity contribution in [2.75, 3.05) is 18.5 Å². The van der Waals surface area contributed by atoms with Crippen LogP contribution in [0.15, 0.2) is 22.7 Å². The van der Waals surface area contributed by atoms with Gasteiger partial charge in [0.25, 0.3) is 0 Å². The van der Waals surface area contributed by atoms with Crippen LogP contribution in [0.4, 0.5) is 5.69 Å². The third-order valence-electron chi connectivity index (χ3n) is 2.74. The molecule has 1 aromatic carbocycles. The minimum atomic E-state index is 0.518. The SMILES string of the molecule is CCCN(C)c1ccc(CNC(C)C)c(Br)c1. The van der Waals surface area contributed by atoms with Gasteiger partial charge in [0.1, 0.15) is 0 Å². The maximum atomic E-state index is 3.65. The number of nitrogens with one attached hydrogen (secondary N) is 1. The van der Waals surface area contributed by atoms with Gasteiger partial charge in [-0.3, -0.25) is 0 Å². The molecule has 0 spiro atoms. The molecule has 0 amide bonds. The number of anilines is 1. The lowest BCUT2D eigenvalue weighted by atomic mass is 10.2. The van der Waals surface area contributed by atoms with Gasteiger partial charge in [0, 0.05) is 36.3 Å². The highest BCUT2D eigenvalue weighted by molar-refractivity contribution is 9.10. The van der Waals surface area contributed by atoms with E-state index in [1.165, 1.54) is 22.1 Å². The van der Waals surface area contributed by atoms with E-state index in [9.17, 15) is 0 Å². The molecule has 0 saturated heterocycles. The van der Waals surface area contributed by atoms with Crippen molar-refractivity contribution >= 4 is 21.6 Å². The third kappa shape index (κ3) is 4.68. The normalized spacial score (nSPS) is 10.9. The molecule has 0 radical (unpaired) electrons. The van der Waals surface area contributed by atoms with Crippen molar-refractivity contribution in [2.45, 2.75) is 39.8 Å². The lowest BCUT2D eigenvalue weighted by Gasteiger charge is -2.19. The first-order chi connectivity index (χ1) is 8.04. The van der Waals surface area contributed by atoms with Crippen molar-refractivity contribution in [2.24, 2.45) is 0 Å². The van der Waals surface area contributed by atoms with E-state index in [2.05, 4.69) is 72.2 Å². The van der Waals surface area contributed by atoms with Crippen molar-refractivity contribution < 1.29 is 0 Å². The van der Waals surface area contributed by atoms with E-state index in [1.54, 1.807) is 0 Å². The first kappa shape index (κ1) is 14.5. The number of halogens is 1. The average Bonchev–Trinajstić information content (AvgIpc) is 2.27. The Kier molecular flexibility index (Phi) is 6.00. The summed E-state index contributed by atoms with van der Waals surface area (Å²) < 4.78 is 1.19. The van der Waals surface area contributed by atoms with Crippen LogP contribution >= 0.6 is 15.9 Å². The molecule has 0 heterocycles. The molecule has 0 atom stereocenters. The molecule has 17 heavy (non-hydrogen) atoms. The van der Waals surface area contributed by atoms with Gasteiger partial charge in [-0.15, -0.1) is 0 Å². The summed E-state index contributed by atoms with van der Waals surface area (Å²) in [4.78, 5) is 2.28. The topological polar surface area (TPSA) is 15.3 Å². The Hall–Kier alpha value is -0.540. The van der Waals surface area contributed by atoms with Gasteiger partial charge in [0.2, 0.25) is 0 Å². The number of nitrogens with zero attached hydrogens (tertiary/aromatic N) is 1. The van der Waals surface area contributed by atoms with Crippen LogP contribution < -0.4 is 10.2 Å². The number of hydrogen-bond donors (Lipinski definition) is 1. The fourth-order valence-corrected chi connectivity index (χ4v) is 2.20. The predicted molar refractivity (Wildman–Crippen MR) is 79.7 cm³/mol. The maximum Gasteiger partial charge on any atom is 0.0375 e. The van der Waals surface area contributed by atoms with Gasteiger partial charge in [-0.1, -0.05) is 42.8 Å². The second kappa shape index (κ2) is 7.02. The van der Waals surface area contributed by atoms with Crippen LogP contribution in [0.25, 0.3) is 0 Å². The lowest BCUT2D eigenvalue weighted by molar-refractivity contribution is 0.588. The quantitative estimate of drug-likeness (QED) is 0.859. The van der Waals surface area contributed by atoms with E-state index in [-0.39, 0.29) is 0 Å². The van der Waals surface area contributed by atoms with Gasteiger partial charge in [-0.25, -0.2) is 0 Å². The first-order valence-electron chi connectivity index (χ1n) is 6.27. The molecule has 0 aliphatic carbocycles. The molecule has 0 aliphatic heterocycles. The summed E-state index contributed by atoms with van der Waals surface area (Å²) in [5, 5.41) is 3.43. The van der Waals surface area contributed by atoms with Crippen LogP contribution in [-0.4, -0.2) is 19.6 Å². The molecule has 1 rings (SSSR count). The molecule has 1 N–H and O–H groups in total. The first-order valence-corrected chi connectivity index (χ1v) is 7.06. The summed E-state index contributed by atoms with van der Waals surface area (Å²) in [6.45, 7) is 8.53. The molecule has 0 saturated carbocycles. The van der Waals surface area contributed by atoms with Crippen LogP contribution in [0.5, 0.6) is 0 Å². The Morgan fingerprint density at radius 1 is 1.35 bits per heavy atom. The highest BCUT2D eigenvalue weighted by Crippen LogP contribution is 2.23. The van der Waals surface area contributed by atoms with E-state index in [4.69, 9.17) is 0 Å². The van der Waals surface area contributed by atoms with Crippen molar-refractivity contribution in [3.8, 4) is 0 Å². The molecule has 3 heteroatoms. The molecular weight excluding hydrogens is 276 g/mol. The minimum Gasteiger partial charge on any atom is -0.375 e. The van der Waals surface area contributed by atoms with E-state index < -0.39 is 0 Å². The standard InChI is InChI=1S/C14H23BrN2/c1-5-8-17(4)13-7-6-12(14(15)9-13)10-16-11(2)3/h6-7,9,11,16H,5,8,10H2,1-4H3. The van der Waals surface area contributed by atoms with E-state index in [0.29, 0.717) is 6.04 Å². The summed E-state index contributed by atoms with van der Waals surface area (Å²) in [5.41, 5.74) is 2.58. The Bertz CT molecular complexity index is 350. The zero-order valence-electron chi connectivity index (χ0n) is 11.3. The van der Waals surface area contributed by atoms with E-state index in [1.807, 2.05) is 0 Å². The highest BCUT2D eigenvalue weighted by atomic mass is 79.9. The van der Waals surface area contributed by atoms with Crippen LogP contribution in [0, 0.1) is 0 Å². The van der Waals surface area contributed by atoms with Crippen LogP contribution in [0.3, 0.4) is 0 Å². The fraction of sp³-hybridized carbons (Fsp3) is 0.571. The number of hydrogen-bond acceptors (Lipinski definition) is 2. The van der Waals surface area contributed by atoms with Crippen LogP contribution in [0.2, 0.25) is 0 Å². The van der Waals surface area contributed by atoms with Crippen LogP contribution in [-0.2, 0) is 6.54 Å². The molecule has 96 valence electrons. The van der Waals surface area contributed by atoms with Gasteiger partial charge in [-0.2, -0.15) is 0 Å². The summed E-state index contributed by atoms with van der Waals surface area (Å²) in [6.07, 6.45) is 1.17. The smallest absolute Gasteiger partial charge is 0.0375 e. The monoisotopic (exact) mass is 298 g/mol. The zero-order valence-corrected chi connectivity index (χ0v) is 12.8. The maximum absolute atomic E-state index is 3.65.